The molecule has 0 fully saturated rings. The molecule has 0 saturated carbocycles. The number of oxazole rings is 1. The molecule has 6 nitrogen and oxygen atoms in total. The highest BCUT2D eigenvalue weighted by Crippen LogP contribution is 2.23. The normalized spacial score (nSPS) is 12.2. The lowest BCUT2D eigenvalue weighted by molar-refractivity contribution is -0.681. The maximum absolute atomic E-state index is 11.1. The quantitative estimate of drug-likeness (QED) is 0.396. The second kappa shape index (κ2) is 7.03. The molecule has 8 heteroatoms. The summed E-state index contributed by atoms with van der Waals surface area (Å²) in [5.41, 5.74) is 2.94. The number of hydrogen-bond donors (Lipinski definition) is 1. The van der Waals surface area contributed by atoms with Crippen LogP contribution in [0.3, 0.4) is 0 Å². The van der Waals surface area contributed by atoms with Crippen LogP contribution in [0, 0.1) is 0 Å². The van der Waals surface area contributed by atoms with Crippen molar-refractivity contribution in [2.24, 2.45) is 7.05 Å². The van der Waals surface area contributed by atoms with Crippen molar-refractivity contribution in [3.8, 4) is 0 Å². The first-order chi connectivity index (χ1) is 12.9. The van der Waals surface area contributed by atoms with Crippen LogP contribution in [0.2, 0.25) is 0 Å². The van der Waals surface area contributed by atoms with Gasteiger partial charge in [0.05, 0.1) is 5.75 Å². The largest absolute Gasteiger partial charge is 0.401 e. The number of rotatable bonds is 6. The van der Waals surface area contributed by atoms with Gasteiger partial charge >= 0.3 is 5.89 Å². The van der Waals surface area contributed by atoms with E-state index in [4.69, 9.17) is 8.97 Å². The summed E-state index contributed by atoms with van der Waals surface area (Å²) < 4.78 is 42.5. The molecule has 0 aliphatic carbocycles. The van der Waals surface area contributed by atoms with Gasteiger partial charge < -0.3 is 4.42 Å². The Hall–Kier alpha value is -2.29. The van der Waals surface area contributed by atoms with Crippen LogP contribution in [-0.4, -0.2) is 18.7 Å². The molecule has 140 valence electrons. The van der Waals surface area contributed by atoms with Gasteiger partial charge in [0.15, 0.2) is 13.0 Å². The summed E-state index contributed by atoms with van der Waals surface area (Å²) >= 11 is 1.67. The van der Waals surface area contributed by atoms with Gasteiger partial charge in [-0.25, -0.2) is 0 Å². The first-order valence-electron chi connectivity index (χ1n) is 8.64. The number of benzene rings is 2. The Morgan fingerprint density at radius 2 is 1.78 bits per heavy atom. The van der Waals surface area contributed by atoms with Crippen molar-refractivity contribution in [2.45, 2.75) is 19.4 Å². The molecule has 0 radical (unpaired) electrons. The molecular weight excluding hydrogens is 384 g/mol. The van der Waals surface area contributed by atoms with Crippen LogP contribution in [0.5, 0.6) is 0 Å². The lowest BCUT2D eigenvalue weighted by atomic mass is 10.3. The second-order valence-electron chi connectivity index (χ2n) is 6.45. The van der Waals surface area contributed by atoms with E-state index < -0.39 is 10.1 Å². The summed E-state index contributed by atoms with van der Waals surface area (Å²) in [6.07, 6.45) is 0.958. The Kier molecular flexibility index (Phi) is 4.71. The van der Waals surface area contributed by atoms with Gasteiger partial charge in [0.1, 0.15) is 11.7 Å². The summed E-state index contributed by atoms with van der Waals surface area (Å²) in [6.45, 7) is 0.517. The zero-order valence-electron chi connectivity index (χ0n) is 14.8. The van der Waals surface area contributed by atoms with E-state index >= 15 is 0 Å². The molecule has 1 N–H and O–H groups in total. The third-order valence-corrected chi connectivity index (χ3v) is 6.57. The summed E-state index contributed by atoms with van der Waals surface area (Å²) in [7, 11) is -1.98. The molecule has 27 heavy (non-hydrogen) atoms. The second-order valence-corrected chi connectivity index (χ2v) is 9.14. The van der Waals surface area contributed by atoms with Gasteiger partial charge in [-0.1, -0.05) is 35.6 Å². The highest BCUT2D eigenvalue weighted by molar-refractivity contribution is 7.85. The maximum Gasteiger partial charge on any atom is 0.359 e. The number of nitrogens with zero attached hydrogens (tertiary/aromatic N) is 2. The molecule has 4 rings (SSSR count). The van der Waals surface area contributed by atoms with Gasteiger partial charge in [0.25, 0.3) is 20.6 Å². The van der Waals surface area contributed by atoms with Gasteiger partial charge in [-0.3, -0.25) is 4.55 Å². The fraction of sp³-hybridized carbons (Fsp3) is 0.263. The van der Waals surface area contributed by atoms with Crippen molar-refractivity contribution in [1.82, 2.24) is 0 Å². The lowest BCUT2D eigenvalue weighted by Gasteiger charge is -1.98. The van der Waals surface area contributed by atoms with Crippen molar-refractivity contribution < 1.29 is 26.5 Å². The summed E-state index contributed by atoms with van der Waals surface area (Å²) in [5.74, 6) is 0.591. The average Bonchev–Trinajstić information content (AvgIpc) is 3.13. The van der Waals surface area contributed by atoms with Gasteiger partial charge in [-0.15, -0.1) is 0 Å². The van der Waals surface area contributed by atoms with Gasteiger partial charge in [0.2, 0.25) is 11.1 Å². The minimum atomic E-state index is -3.96. The molecule has 0 aliphatic rings. The number of hydrogen-bond acceptors (Lipinski definition) is 4. The van der Waals surface area contributed by atoms with Crippen molar-refractivity contribution >= 4 is 42.8 Å². The Labute approximate surface area is 161 Å². The first-order valence-corrected chi connectivity index (χ1v) is 11.1. The van der Waals surface area contributed by atoms with Gasteiger partial charge in [0, 0.05) is 18.6 Å². The minimum Gasteiger partial charge on any atom is -0.401 e. The predicted octanol–water partition coefficient (Wildman–Crippen LogP) is 2.63. The van der Waals surface area contributed by atoms with E-state index in [2.05, 4.69) is 10.6 Å². The van der Waals surface area contributed by atoms with Crippen molar-refractivity contribution in [3.63, 3.8) is 0 Å². The Balaban J connectivity index is 1.71. The number of aryl methyl sites for hydroxylation is 2. The molecule has 0 aliphatic heterocycles. The third kappa shape index (κ3) is 3.73. The lowest BCUT2D eigenvalue weighted by Crippen LogP contribution is -2.39. The Bertz CT molecular complexity index is 1230. The highest BCUT2D eigenvalue weighted by atomic mass is 32.2. The topological polar surface area (TPSA) is 75.3 Å². The fourth-order valence-corrected chi connectivity index (χ4v) is 4.97. The number of aromatic nitrogens is 2. The molecular formula is C19H20N2O4S2+2. The number of fused-ring (bicyclic) bond motifs is 2. The first kappa shape index (κ1) is 18.1. The summed E-state index contributed by atoms with van der Waals surface area (Å²) in [5, 5.41) is 1.08. The molecule has 0 bridgehead atoms. The summed E-state index contributed by atoms with van der Waals surface area (Å²) in [4.78, 5) is 0. The third-order valence-electron chi connectivity index (χ3n) is 4.60. The van der Waals surface area contributed by atoms with Crippen LogP contribution >= 0.6 is 11.3 Å². The van der Waals surface area contributed by atoms with Gasteiger partial charge in [-0.2, -0.15) is 17.6 Å². The maximum atomic E-state index is 11.1. The zero-order valence-corrected chi connectivity index (χ0v) is 16.5. The molecule has 0 atom stereocenters. The smallest absolute Gasteiger partial charge is 0.359 e. The van der Waals surface area contributed by atoms with Gasteiger partial charge in [-0.05, 0) is 12.1 Å². The van der Waals surface area contributed by atoms with Crippen molar-refractivity contribution in [1.29, 1.82) is 0 Å². The van der Waals surface area contributed by atoms with Crippen molar-refractivity contribution in [3.05, 3.63) is 59.4 Å². The van der Waals surface area contributed by atoms with Crippen LogP contribution < -0.4 is 9.13 Å². The van der Waals surface area contributed by atoms with E-state index in [0.717, 1.165) is 32.2 Å². The highest BCUT2D eigenvalue weighted by Gasteiger charge is 2.27. The van der Waals surface area contributed by atoms with E-state index in [9.17, 15) is 8.42 Å². The SMILES string of the molecule is C[n+]1c(Cc2sc3ccccc3[n+]2CCCS(=O)(=O)O)oc2ccccc21. The van der Waals surface area contributed by atoms with Crippen LogP contribution in [0.1, 0.15) is 17.3 Å². The molecule has 0 amide bonds. The van der Waals surface area contributed by atoms with Crippen LogP contribution in [0.15, 0.2) is 52.9 Å². The predicted molar refractivity (Wildman–Crippen MR) is 103 cm³/mol. The standard InChI is InChI=1S/C19H19N2O4S2/c1-20-14-7-2-4-9-16(14)25-18(20)13-19-21(11-6-12-27(22,23)24)15-8-3-5-10-17(15)26-19/h2-5,7-10H,6,11-13H2,1H3/q+1/p+1. The van der Waals surface area contributed by atoms with Crippen molar-refractivity contribution in [2.75, 3.05) is 5.75 Å². The number of thiazole rings is 1. The molecule has 0 unspecified atom stereocenters. The van der Waals surface area contributed by atoms with E-state index in [1.807, 2.05) is 54.1 Å². The Morgan fingerprint density at radius 3 is 2.52 bits per heavy atom. The monoisotopic (exact) mass is 404 g/mol. The molecule has 0 saturated heterocycles. The zero-order chi connectivity index (χ0) is 19.0. The minimum absolute atomic E-state index is 0.248. The molecule has 2 aromatic heterocycles. The average molecular weight is 405 g/mol. The molecule has 2 heterocycles. The summed E-state index contributed by atoms with van der Waals surface area (Å²) in [6, 6.07) is 16.0. The molecule has 0 spiro atoms. The van der Waals surface area contributed by atoms with E-state index in [0.29, 0.717) is 19.4 Å². The van der Waals surface area contributed by atoms with E-state index in [1.165, 1.54) is 0 Å². The molecule has 2 aromatic carbocycles. The van der Waals surface area contributed by atoms with Crippen LogP contribution in [0.4, 0.5) is 0 Å². The van der Waals surface area contributed by atoms with Crippen LogP contribution in [-0.2, 0) is 30.1 Å². The number of para-hydroxylation sites is 3. The van der Waals surface area contributed by atoms with E-state index in [-0.39, 0.29) is 5.75 Å². The fourth-order valence-electron chi connectivity index (χ4n) is 3.30. The Morgan fingerprint density at radius 1 is 1.07 bits per heavy atom. The van der Waals surface area contributed by atoms with Crippen LogP contribution in [0.25, 0.3) is 21.3 Å². The van der Waals surface area contributed by atoms with E-state index in [1.54, 1.807) is 11.3 Å². The molecule has 4 aromatic rings.